The molecule has 5 rings (SSSR count). The molecule has 10 heteroatoms. The van der Waals surface area contributed by atoms with E-state index in [1.807, 2.05) is 0 Å². The van der Waals surface area contributed by atoms with Crippen LogP contribution >= 0.6 is 0 Å². The van der Waals surface area contributed by atoms with Gasteiger partial charge >= 0.3 is 0 Å². The molecule has 1 aromatic carbocycles. The maximum atomic E-state index is 14.1. The van der Waals surface area contributed by atoms with E-state index in [0.29, 0.717) is 63.9 Å². The normalized spacial score (nSPS) is 21.9. The van der Waals surface area contributed by atoms with Crippen LogP contribution in [0.15, 0.2) is 18.2 Å². The number of anilines is 1. The minimum Gasteiger partial charge on any atom is -0.487 e. The lowest BCUT2D eigenvalue weighted by atomic mass is 9.84. The highest BCUT2D eigenvalue weighted by molar-refractivity contribution is 5.73. The molecule has 3 aliphatic rings. The molecule has 0 unspecified atom stereocenters. The van der Waals surface area contributed by atoms with Crippen LogP contribution in [0.5, 0.6) is 11.6 Å². The molecule has 0 aliphatic carbocycles. The number of ether oxygens (including phenoxy) is 3. The lowest BCUT2D eigenvalue weighted by Gasteiger charge is -2.39. The third-order valence-corrected chi connectivity index (χ3v) is 7.03. The van der Waals surface area contributed by atoms with E-state index in [4.69, 9.17) is 24.2 Å². The molecule has 36 heavy (non-hydrogen) atoms. The Morgan fingerprint density at radius 3 is 2.56 bits per heavy atom. The van der Waals surface area contributed by atoms with Gasteiger partial charge in [0.25, 0.3) is 5.88 Å². The molecule has 1 aromatic heterocycles. The molecule has 0 N–H and O–H groups in total. The highest BCUT2D eigenvalue weighted by Gasteiger charge is 2.38. The van der Waals surface area contributed by atoms with Crippen LogP contribution in [-0.4, -0.2) is 65.8 Å². The fraction of sp³-hybridized carbons (Fsp3) is 0.577. The van der Waals surface area contributed by atoms with Gasteiger partial charge in [0.1, 0.15) is 18.0 Å². The predicted molar refractivity (Wildman–Crippen MR) is 128 cm³/mol. The molecular formula is C26H32F2N4O4. The Kier molecular flexibility index (Phi) is 6.72. The number of piperidine rings is 1. The Labute approximate surface area is 209 Å². The largest absolute Gasteiger partial charge is 0.487 e. The zero-order valence-electron chi connectivity index (χ0n) is 20.9. The van der Waals surface area contributed by atoms with Gasteiger partial charge < -0.3 is 24.0 Å². The van der Waals surface area contributed by atoms with E-state index in [9.17, 15) is 13.6 Å². The lowest BCUT2D eigenvalue weighted by Crippen LogP contribution is -2.46. The van der Waals surface area contributed by atoms with E-state index < -0.39 is 11.6 Å². The van der Waals surface area contributed by atoms with Gasteiger partial charge in [0.2, 0.25) is 5.91 Å². The summed E-state index contributed by atoms with van der Waals surface area (Å²) in [5.41, 5.74) is 1.26. The summed E-state index contributed by atoms with van der Waals surface area (Å²) in [5.74, 6) is -0.133. The molecule has 194 valence electrons. The molecule has 2 saturated heterocycles. The van der Waals surface area contributed by atoms with Crippen molar-refractivity contribution in [3.63, 3.8) is 0 Å². The van der Waals surface area contributed by atoms with E-state index >= 15 is 0 Å². The number of carbonyl (C=O) groups excluding carboxylic acids is 1. The first kappa shape index (κ1) is 24.7. The van der Waals surface area contributed by atoms with Crippen molar-refractivity contribution in [2.45, 2.75) is 64.2 Å². The summed E-state index contributed by atoms with van der Waals surface area (Å²) in [4.78, 5) is 26.0. The molecular weight excluding hydrogens is 470 g/mol. The molecule has 1 atom stereocenters. The number of rotatable bonds is 5. The molecule has 0 radical (unpaired) electrons. The van der Waals surface area contributed by atoms with Crippen molar-refractivity contribution < 1.29 is 27.8 Å². The van der Waals surface area contributed by atoms with E-state index in [1.165, 1.54) is 12.1 Å². The molecule has 3 aliphatic heterocycles. The molecule has 2 fully saturated rings. The number of hydrogen-bond acceptors (Lipinski definition) is 7. The minimum absolute atomic E-state index is 0.00549. The third kappa shape index (κ3) is 5.09. The third-order valence-electron chi connectivity index (χ3n) is 7.03. The van der Waals surface area contributed by atoms with Crippen molar-refractivity contribution in [1.82, 2.24) is 14.9 Å². The Balaban J connectivity index is 1.38. The first-order valence-electron chi connectivity index (χ1n) is 12.5. The molecule has 1 amide bonds. The average Bonchev–Trinajstić information content (AvgIpc) is 3.34. The van der Waals surface area contributed by atoms with Gasteiger partial charge in [0.05, 0.1) is 31.1 Å². The van der Waals surface area contributed by atoms with Gasteiger partial charge in [-0.3, -0.25) is 4.79 Å². The van der Waals surface area contributed by atoms with Crippen LogP contribution in [0.25, 0.3) is 0 Å². The van der Waals surface area contributed by atoms with E-state index in [2.05, 4.69) is 18.7 Å². The van der Waals surface area contributed by atoms with E-state index in [0.717, 1.165) is 23.9 Å². The summed E-state index contributed by atoms with van der Waals surface area (Å²) < 4.78 is 44.9. The Morgan fingerprint density at radius 2 is 1.89 bits per heavy atom. The number of carbonyl (C=O) groups is 1. The standard InChI is InChI=1S/C26H32F2N4O4/c1-16(33)32-13-21-23(26(2,3)15-32)30-24(25(29-21)36-19-8-11-34-14-19)31-9-6-18(7-10-31)35-22-5-4-17(27)12-20(22)28/h4-5,12,18-19H,6-11,13-15H2,1-3H3/t19-/m1/s1. The monoisotopic (exact) mass is 502 g/mol. The maximum absolute atomic E-state index is 14.1. The molecule has 0 spiro atoms. The van der Waals surface area contributed by atoms with Gasteiger partial charge in [-0.25, -0.2) is 18.7 Å². The van der Waals surface area contributed by atoms with Crippen LogP contribution in [0.3, 0.4) is 0 Å². The lowest BCUT2D eigenvalue weighted by molar-refractivity contribution is -0.130. The van der Waals surface area contributed by atoms with Crippen LogP contribution in [0.2, 0.25) is 0 Å². The summed E-state index contributed by atoms with van der Waals surface area (Å²) in [6.07, 6.45) is 1.77. The van der Waals surface area contributed by atoms with Gasteiger partial charge in [0.15, 0.2) is 17.4 Å². The van der Waals surface area contributed by atoms with Crippen LogP contribution in [0.4, 0.5) is 14.6 Å². The molecule has 0 saturated carbocycles. The molecule has 8 nitrogen and oxygen atoms in total. The smallest absolute Gasteiger partial charge is 0.258 e. The number of hydrogen-bond donors (Lipinski definition) is 0. The van der Waals surface area contributed by atoms with Gasteiger partial charge in [0, 0.05) is 57.3 Å². The van der Waals surface area contributed by atoms with E-state index in [-0.39, 0.29) is 29.3 Å². The first-order valence-corrected chi connectivity index (χ1v) is 12.5. The highest BCUT2D eigenvalue weighted by Crippen LogP contribution is 2.37. The summed E-state index contributed by atoms with van der Waals surface area (Å²) in [6, 6.07) is 3.36. The summed E-state index contributed by atoms with van der Waals surface area (Å²) in [5, 5.41) is 0. The highest BCUT2D eigenvalue weighted by atomic mass is 19.1. The topological polar surface area (TPSA) is 77.0 Å². The molecule has 2 aromatic rings. The number of halogens is 2. The molecule has 0 bridgehead atoms. The Bertz CT molecular complexity index is 1130. The number of nitrogens with zero attached hydrogens (tertiary/aromatic N) is 4. The zero-order chi connectivity index (χ0) is 25.4. The van der Waals surface area contributed by atoms with Crippen molar-refractivity contribution in [1.29, 1.82) is 0 Å². The second kappa shape index (κ2) is 9.80. The quantitative estimate of drug-likeness (QED) is 0.618. The SMILES string of the molecule is CC(=O)N1Cc2nc(O[C@@H]3CCOC3)c(N3CCC(Oc4ccc(F)cc4F)CC3)nc2C(C)(C)C1. The maximum Gasteiger partial charge on any atom is 0.258 e. The van der Waals surface area contributed by atoms with Crippen molar-refractivity contribution in [3.8, 4) is 11.6 Å². The molecule has 4 heterocycles. The number of benzene rings is 1. The number of aromatic nitrogens is 2. The Morgan fingerprint density at radius 1 is 1.11 bits per heavy atom. The second-order valence-corrected chi connectivity index (χ2v) is 10.4. The number of amides is 1. The summed E-state index contributed by atoms with van der Waals surface area (Å²) in [6.45, 7) is 9.08. The first-order chi connectivity index (χ1) is 17.2. The van der Waals surface area contributed by atoms with Crippen molar-refractivity contribution in [2.24, 2.45) is 0 Å². The van der Waals surface area contributed by atoms with Gasteiger partial charge in [-0.2, -0.15) is 0 Å². The van der Waals surface area contributed by atoms with Crippen LogP contribution in [0, 0.1) is 11.6 Å². The average molecular weight is 503 g/mol. The fourth-order valence-corrected chi connectivity index (χ4v) is 5.09. The Hall–Kier alpha value is -3.01. The van der Waals surface area contributed by atoms with E-state index in [1.54, 1.807) is 11.8 Å². The van der Waals surface area contributed by atoms with Crippen LogP contribution in [-0.2, 0) is 21.5 Å². The van der Waals surface area contributed by atoms with Gasteiger partial charge in [-0.1, -0.05) is 13.8 Å². The minimum atomic E-state index is -0.700. The van der Waals surface area contributed by atoms with Gasteiger partial charge in [-0.05, 0) is 12.1 Å². The van der Waals surface area contributed by atoms with Crippen LogP contribution < -0.4 is 14.4 Å². The fourth-order valence-electron chi connectivity index (χ4n) is 5.09. The van der Waals surface area contributed by atoms with Crippen molar-refractivity contribution in [2.75, 3.05) is 37.7 Å². The van der Waals surface area contributed by atoms with Crippen molar-refractivity contribution >= 4 is 11.7 Å². The van der Waals surface area contributed by atoms with Crippen molar-refractivity contribution in [3.05, 3.63) is 41.2 Å². The second-order valence-electron chi connectivity index (χ2n) is 10.4. The predicted octanol–water partition coefficient (Wildman–Crippen LogP) is 3.61. The van der Waals surface area contributed by atoms with Gasteiger partial charge in [-0.15, -0.1) is 0 Å². The summed E-state index contributed by atoms with van der Waals surface area (Å²) >= 11 is 0. The summed E-state index contributed by atoms with van der Waals surface area (Å²) in [7, 11) is 0. The zero-order valence-corrected chi connectivity index (χ0v) is 20.9. The number of fused-ring (bicyclic) bond motifs is 1. The van der Waals surface area contributed by atoms with Crippen LogP contribution in [0.1, 0.15) is 51.4 Å².